The molecule has 1 heterocycles. The maximum atomic E-state index is 10.4. The van der Waals surface area contributed by atoms with Gasteiger partial charge in [-0.2, -0.15) is 0 Å². The van der Waals surface area contributed by atoms with Crippen LogP contribution in [0.4, 0.5) is 0 Å². The molecule has 0 aliphatic carbocycles. The minimum Gasteiger partial charge on any atom is -0.379 e. The number of nitrogens with one attached hydrogen (secondary N) is 1. The Morgan fingerprint density at radius 2 is 1.89 bits per heavy atom. The molecule has 1 atom stereocenters. The summed E-state index contributed by atoms with van der Waals surface area (Å²) >= 11 is 0. The maximum absolute atomic E-state index is 10.4. The zero-order valence-corrected chi connectivity index (χ0v) is 11.2. The van der Waals surface area contributed by atoms with Crippen molar-refractivity contribution in [3.63, 3.8) is 0 Å². The van der Waals surface area contributed by atoms with E-state index in [1.807, 2.05) is 44.2 Å². The SMILES string of the molecule is CC.NC(=O)CCc1ccccc1.OC1CCN1. The molecule has 1 unspecified atom stereocenters. The van der Waals surface area contributed by atoms with Crippen LogP contribution in [0, 0.1) is 0 Å². The van der Waals surface area contributed by atoms with Crippen molar-refractivity contribution in [2.75, 3.05) is 6.54 Å². The Labute approximate surface area is 109 Å². The van der Waals surface area contributed by atoms with Crippen LogP contribution >= 0.6 is 0 Å². The van der Waals surface area contributed by atoms with Gasteiger partial charge in [-0.25, -0.2) is 0 Å². The van der Waals surface area contributed by atoms with Gasteiger partial charge in [-0.15, -0.1) is 0 Å². The molecule has 0 saturated carbocycles. The normalized spacial score (nSPS) is 16.3. The lowest BCUT2D eigenvalue weighted by Crippen LogP contribution is -2.42. The molecule has 102 valence electrons. The van der Waals surface area contributed by atoms with Gasteiger partial charge >= 0.3 is 0 Å². The van der Waals surface area contributed by atoms with Crippen LogP contribution in [0.15, 0.2) is 30.3 Å². The summed E-state index contributed by atoms with van der Waals surface area (Å²) in [6.45, 7) is 4.99. The first-order chi connectivity index (χ1) is 8.68. The highest BCUT2D eigenvalue weighted by atomic mass is 16.3. The van der Waals surface area contributed by atoms with Crippen LogP contribution < -0.4 is 11.1 Å². The van der Waals surface area contributed by atoms with Crippen molar-refractivity contribution in [2.24, 2.45) is 5.73 Å². The molecule has 2 rings (SSSR count). The van der Waals surface area contributed by atoms with Gasteiger partial charge in [0.15, 0.2) is 0 Å². The first-order valence-electron chi connectivity index (χ1n) is 6.42. The number of carbonyl (C=O) groups is 1. The molecule has 4 nitrogen and oxygen atoms in total. The molecule has 4 heteroatoms. The van der Waals surface area contributed by atoms with E-state index < -0.39 is 0 Å². The largest absolute Gasteiger partial charge is 0.379 e. The van der Waals surface area contributed by atoms with Gasteiger partial charge in [0.1, 0.15) is 6.23 Å². The lowest BCUT2D eigenvalue weighted by atomic mass is 10.1. The topological polar surface area (TPSA) is 75.4 Å². The molecule has 0 aromatic heterocycles. The molecule has 1 amide bonds. The molecule has 4 N–H and O–H groups in total. The Balaban J connectivity index is 0.000000343. The van der Waals surface area contributed by atoms with E-state index in [0.717, 1.165) is 24.9 Å². The van der Waals surface area contributed by atoms with Crippen LogP contribution in [0.1, 0.15) is 32.3 Å². The van der Waals surface area contributed by atoms with Gasteiger partial charge in [0.25, 0.3) is 0 Å². The van der Waals surface area contributed by atoms with Crippen molar-refractivity contribution in [1.29, 1.82) is 0 Å². The fourth-order valence-electron chi connectivity index (χ4n) is 1.19. The number of benzene rings is 1. The minimum atomic E-state index is -0.242. The zero-order valence-electron chi connectivity index (χ0n) is 11.2. The number of nitrogens with two attached hydrogens (primary N) is 1. The third-order valence-corrected chi connectivity index (χ3v) is 2.30. The Kier molecular flexibility index (Phi) is 9.91. The lowest BCUT2D eigenvalue weighted by molar-refractivity contribution is -0.117. The van der Waals surface area contributed by atoms with Gasteiger partial charge in [-0.1, -0.05) is 44.2 Å². The standard InChI is InChI=1S/C9H11NO.C3H7NO.C2H6/c10-9(11)7-6-8-4-2-1-3-5-8;5-3-1-2-4-3;1-2/h1-5H,6-7H2,(H2,10,11);3-5H,1-2H2;1-2H3. The number of hydrogen-bond acceptors (Lipinski definition) is 3. The summed E-state index contributed by atoms with van der Waals surface area (Å²) in [5.41, 5.74) is 6.16. The molecular formula is C14H24N2O2. The van der Waals surface area contributed by atoms with E-state index in [1.54, 1.807) is 0 Å². The average Bonchev–Trinajstić information content (AvgIpc) is 2.38. The summed E-state index contributed by atoms with van der Waals surface area (Å²) in [5, 5.41) is 11.1. The van der Waals surface area contributed by atoms with Gasteiger partial charge in [-0.05, 0) is 18.4 Å². The van der Waals surface area contributed by atoms with E-state index >= 15 is 0 Å². The van der Waals surface area contributed by atoms with Crippen LogP contribution in [0.2, 0.25) is 0 Å². The Bertz CT molecular complexity index is 311. The Hall–Kier alpha value is -1.39. The number of aliphatic hydroxyl groups is 1. The summed E-state index contributed by atoms with van der Waals surface area (Å²) < 4.78 is 0. The average molecular weight is 252 g/mol. The number of primary amides is 1. The minimum absolute atomic E-state index is 0.185. The molecular weight excluding hydrogens is 228 g/mol. The highest BCUT2D eigenvalue weighted by Crippen LogP contribution is 2.01. The van der Waals surface area contributed by atoms with Crippen LogP contribution in [0.5, 0.6) is 0 Å². The second-order valence-corrected chi connectivity index (χ2v) is 3.71. The predicted octanol–water partition coefficient (Wildman–Crippen LogP) is 1.43. The third kappa shape index (κ3) is 8.73. The molecule has 0 spiro atoms. The van der Waals surface area contributed by atoms with E-state index in [0.29, 0.717) is 6.42 Å². The van der Waals surface area contributed by atoms with Gasteiger partial charge in [0.05, 0.1) is 0 Å². The van der Waals surface area contributed by atoms with Gasteiger partial charge in [0.2, 0.25) is 5.91 Å². The third-order valence-electron chi connectivity index (χ3n) is 2.30. The molecule has 1 aliphatic heterocycles. The second kappa shape index (κ2) is 10.7. The highest BCUT2D eigenvalue weighted by molar-refractivity contribution is 5.73. The molecule has 1 aliphatic rings. The second-order valence-electron chi connectivity index (χ2n) is 3.71. The molecule has 1 aromatic rings. The molecule has 1 fully saturated rings. The van der Waals surface area contributed by atoms with E-state index in [4.69, 9.17) is 10.8 Å². The maximum Gasteiger partial charge on any atom is 0.217 e. The number of amides is 1. The van der Waals surface area contributed by atoms with Crippen molar-refractivity contribution in [3.05, 3.63) is 35.9 Å². The zero-order chi connectivity index (χ0) is 13.8. The summed E-state index contributed by atoms with van der Waals surface area (Å²) in [7, 11) is 0. The number of aliphatic hydroxyl groups excluding tert-OH is 1. The highest BCUT2D eigenvalue weighted by Gasteiger charge is 2.09. The fraction of sp³-hybridized carbons (Fsp3) is 0.500. The predicted molar refractivity (Wildman–Crippen MR) is 73.9 cm³/mol. The van der Waals surface area contributed by atoms with Gasteiger partial charge in [-0.3, -0.25) is 10.1 Å². The molecule has 1 saturated heterocycles. The van der Waals surface area contributed by atoms with Crippen LogP contribution in [-0.2, 0) is 11.2 Å². The van der Waals surface area contributed by atoms with Crippen LogP contribution in [0.25, 0.3) is 0 Å². The van der Waals surface area contributed by atoms with Crippen molar-refractivity contribution < 1.29 is 9.90 Å². The summed E-state index contributed by atoms with van der Waals surface area (Å²) in [5.74, 6) is -0.242. The molecule has 0 radical (unpaired) electrons. The van der Waals surface area contributed by atoms with Crippen LogP contribution in [-0.4, -0.2) is 23.8 Å². The van der Waals surface area contributed by atoms with Crippen molar-refractivity contribution in [1.82, 2.24) is 5.32 Å². The summed E-state index contributed by atoms with van der Waals surface area (Å²) in [6, 6.07) is 9.84. The first kappa shape index (κ1) is 16.6. The number of hydrogen-bond donors (Lipinski definition) is 3. The van der Waals surface area contributed by atoms with Crippen molar-refractivity contribution in [3.8, 4) is 0 Å². The van der Waals surface area contributed by atoms with E-state index in [-0.39, 0.29) is 12.1 Å². The smallest absolute Gasteiger partial charge is 0.217 e. The monoisotopic (exact) mass is 252 g/mol. The van der Waals surface area contributed by atoms with E-state index in [1.165, 1.54) is 0 Å². The first-order valence-corrected chi connectivity index (χ1v) is 6.42. The molecule has 1 aromatic carbocycles. The van der Waals surface area contributed by atoms with Gasteiger partial charge in [0, 0.05) is 13.0 Å². The Morgan fingerprint density at radius 3 is 2.22 bits per heavy atom. The fourth-order valence-corrected chi connectivity index (χ4v) is 1.19. The number of aryl methyl sites for hydroxylation is 1. The van der Waals surface area contributed by atoms with E-state index in [2.05, 4.69) is 5.32 Å². The van der Waals surface area contributed by atoms with Crippen LogP contribution in [0.3, 0.4) is 0 Å². The lowest BCUT2D eigenvalue weighted by Gasteiger charge is -2.20. The number of rotatable bonds is 3. The number of carbonyl (C=O) groups excluding carboxylic acids is 1. The van der Waals surface area contributed by atoms with Crippen molar-refractivity contribution in [2.45, 2.75) is 39.3 Å². The summed E-state index contributed by atoms with van der Waals surface area (Å²) in [4.78, 5) is 10.4. The molecule has 0 bridgehead atoms. The molecule has 18 heavy (non-hydrogen) atoms. The Morgan fingerprint density at radius 1 is 1.39 bits per heavy atom. The van der Waals surface area contributed by atoms with Crippen molar-refractivity contribution >= 4 is 5.91 Å². The van der Waals surface area contributed by atoms with E-state index in [9.17, 15) is 4.79 Å². The quantitative estimate of drug-likeness (QED) is 0.761. The van der Waals surface area contributed by atoms with Gasteiger partial charge < -0.3 is 10.8 Å². The summed E-state index contributed by atoms with van der Waals surface area (Å²) in [6.07, 6.45) is 1.93.